The third-order valence-corrected chi connectivity index (χ3v) is 6.26. The summed E-state index contributed by atoms with van der Waals surface area (Å²) in [6.07, 6.45) is 5.25. The van der Waals surface area contributed by atoms with Gasteiger partial charge in [0.1, 0.15) is 4.90 Å². The van der Waals surface area contributed by atoms with Gasteiger partial charge in [-0.2, -0.15) is 5.10 Å². The van der Waals surface area contributed by atoms with E-state index in [1.165, 1.54) is 17.1 Å². The number of nitrogens with one attached hydrogen (secondary N) is 1. The number of fused-ring (bicyclic) bond motifs is 1. The van der Waals surface area contributed by atoms with Crippen molar-refractivity contribution in [2.24, 2.45) is 13.0 Å². The van der Waals surface area contributed by atoms with Crippen molar-refractivity contribution in [3.63, 3.8) is 0 Å². The van der Waals surface area contributed by atoms with Crippen LogP contribution < -0.4 is 4.72 Å². The van der Waals surface area contributed by atoms with E-state index >= 15 is 0 Å². The number of sulfonamides is 1. The number of aromatic nitrogens is 3. The van der Waals surface area contributed by atoms with Gasteiger partial charge < -0.3 is 5.11 Å². The largest absolute Gasteiger partial charge is 0.393 e. The van der Waals surface area contributed by atoms with Crippen LogP contribution in [-0.2, 0) is 17.1 Å². The molecule has 1 saturated carbocycles. The Labute approximate surface area is 151 Å². The fraction of sp³-hybridized carbons (Fsp3) is 0.333. The van der Waals surface area contributed by atoms with Crippen LogP contribution in [0.15, 0.2) is 53.8 Å². The Hall–Kier alpha value is -2.29. The zero-order chi connectivity index (χ0) is 18.3. The minimum atomic E-state index is -3.72. The predicted molar refractivity (Wildman–Crippen MR) is 96.7 cm³/mol. The van der Waals surface area contributed by atoms with Crippen molar-refractivity contribution >= 4 is 20.9 Å². The lowest BCUT2D eigenvalue weighted by Crippen LogP contribution is -2.41. The Morgan fingerprint density at radius 1 is 1.27 bits per heavy atom. The van der Waals surface area contributed by atoms with Crippen LogP contribution in [-0.4, -0.2) is 34.4 Å². The molecule has 136 valence electrons. The summed E-state index contributed by atoms with van der Waals surface area (Å²) in [5, 5.41) is 14.6. The van der Waals surface area contributed by atoms with Crippen LogP contribution in [0.3, 0.4) is 0 Å². The van der Waals surface area contributed by atoms with Crippen LogP contribution in [0.25, 0.3) is 10.9 Å². The number of hydrogen-bond acceptors (Lipinski definition) is 5. The lowest BCUT2D eigenvalue weighted by atomic mass is 9.75. The van der Waals surface area contributed by atoms with E-state index in [4.69, 9.17) is 0 Å². The van der Waals surface area contributed by atoms with Gasteiger partial charge in [-0.1, -0.05) is 18.2 Å². The summed E-state index contributed by atoms with van der Waals surface area (Å²) in [7, 11) is -2.05. The van der Waals surface area contributed by atoms with Gasteiger partial charge in [-0.25, -0.2) is 13.1 Å². The van der Waals surface area contributed by atoms with E-state index in [1.807, 2.05) is 30.3 Å². The molecule has 0 aliphatic heterocycles. The highest BCUT2D eigenvalue weighted by atomic mass is 32.2. The van der Waals surface area contributed by atoms with Gasteiger partial charge in [-0.05, 0) is 36.5 Å². The zero-order valence-electron chi connectivity index (χ0n) is 14.3. The molecule has 1 aromatic carbocycles. The number of para-hydroxylation sites is 1. The molecule has 0 saturated heterocycles. The first-order valence-electron chi connectivity index (χ1n) is 8.46. The molecule has 0 bridgehead atoms. The number of aliphatic hydroxyl groups excluding tert-OH is 1. The van der Waals surface area contributed by atoms with E-state index in [0.717, 1.165) is 16.5 Å². The van der Waals surface area contributed by atoms with E-state index < -0.39 is 16.1 Å². The third kappa shape index (κ3) is 3.23. The lowest BCUT2D eigenvalue weighted by molar-refractivity contribution is 0.0280. The molecule has 1 atom stereocenters. The maximum atomic E-state index is 12.8. The second-order valence-corrected chi connectivity index (χ2v) is 8.51. The molecule has 26 heavy (non-hydrogen) atoms. The molecule has 1 aliphatic carbocycles. The summed E-state index contributed by atoms with van der Waals surface area (Å²) in [4.78, 5) is 4.58. The van der Waals surface area contributed by atoms with Crippen molar-refractivity contribution in [3.8, 4) is 0 Å². The number of pyridine rings is 1. The molecule has 0 radical (unpaired) electrons. The summed E-state index contributed by atoms with van der Waals surface area (Å²) >= 11 is 0. The van der Waals surface area contributed by atoms with Crippen LogP contribution in [0.4, 0.5) is 0 Å². The van der Waals surface area contributed by atoms with Gasteiger partial charge in [-0.3, -0.25) is 9.67 Å². The van der Waals surface area contributed by atoms with Gasteiger partial charge in [0.15, 0.2) is 0 Å². The summed E-state index contributed by atoms with van der Waals surface area (Å²) in [6, 6.07) is 9.23. The molecule has 8 heteroatoms. The first kappa shape index (κ1) is 17.1. The second kappa shape index (κ2) is 6.46. The van der Waals surface area contributed by atoms with Gasteiger partial charge in [0.05, 0.1) is 23.9 Å². The van der Waals surface area contributed by atoms with Crippen molar-refractivity contribution < 1.29 is 13.5 Å². The van der Waals surface area contributed by atoms with E-state index in [1.54, 1.807) is 13.2 Å². The third-order valence-electron chi connectivity index (χ3n) is 4.87. The Morgan fingerprint density at radius 3 is 2.73 bits per heavy atom. The van der Waals surface area contributed by atoms with Crippen molar-refractivity contribution in [2.45, 2.75) is 29.9 Å². The van der Waals surface area contributed by atoms with E-state index in [9.17, 15) is 13.5 Å². The predicted octanol–water partition coefficient (Wildman–Crippen LogP) is 1.76. The maximum absolute atomic E-state index is 12.8. The lowest BCUT2D eigenvalue weighted by Gasteiger charge is -2.38. The molecular weight excluding hydrogens is 352 g/mol. The van der Waals surface area contributed by atoms with Gasteiger partial charge in [0.25, 0.3) is 0 Å². The number of benzene rings is 1. The SMILES string of the molecule is Cn1cc(S(=O)(=O)N[C@@H](c2cnc3ccccc3c2)C2CC(O)C2)cn1. The number of nitrogens with zero attached hydrogens (tertiary/aromatic N) is 3. The molecule has 1 fully saturated rings. The van der Waals surface area contributed by atoms with Crippen LogP contribution >= 0.6 is 0 Å². The maximum Gasteiger partial charge on any atom is 0.244 e. The van der Waals surface area contributed by atoms with Crippen molar-refractivity contribution in [1.82, 2.24) is 19.5 Å². The fourth-order valence-corrected chi connectivity index (χ4v) is 4.65. The highest BCUT2D eigenvalue weighted by Crippen LogP contribution is 2.39. The van der Waals surface area contributed by atoms with Crippen LogP contribution in [0.5, 0.6) is 0 Å². The molecule has 0 spiro atoms. The summed E-state index contributed by atoms with van der Waals surface area (Å²) in [5.41, 5.74) is 1.66. The number of aryl methyl sites for hydroxylation is 1. The number of hydrogen-bond donors (Lipinski definition) is 2. The highest BCUT2D eigenvalue weighted by Gasteiger charge is 2.37. The quantitative estimate of drug-likeness (QED) is 0.711. The summed E-state index contributed by atoms with van der Waals surface area (Å²) < 4.78 is 29.8. The molecule has 2 N–H and O–H groups in total. The normalized spacial score (nSPS) is 21.5. The second-order valence-electron chi connectivity index (χ2n) is 6.80. The summed E-state index contributed by atoms with van der Waals surface area (Å²) in [6.45, 7) is 0. The monoisotopic (exact) mass is 372 g/mol. The molecule has 2 heterocycles. The standard InChI is InChI=1S/C18H20N4O3S/c1-22-11-16(10-20-22)26(24,25)21-18(13-7-15(23)8-13)14-6-12-4-2-3-5-17(12)19-9-14/h2-6,9-11,13,15,18,21,23H,7-8H2,1H3/t13?,15?,18-/m1/s1. The zero-order valence-corrected chi connectivity index (χ0v) is 15.1. The van der Waals surface area contributed by atoms with E-state index in [0.29, 0.717) is 12.8 Å². The summed E-state index contributed by atoms with van der Waals surface area (Å²) in [5.74, 6) is 0.0272. The molecule has 0 amide bonds. The molecular formula is C18H20N4O3S. The Morgan fingerprint density at radius 2 is 2.04 bits per heavy atom. The fourth-order valence-electron chi connectivity index (χ4n) is 3.37. The van der Waals surface area contributed by atoms with Gasteiger partial charge in [0, 0.05) is 24.8 Å². The van der Waals surface area contributed by atoms with Crippen molar-refractivity contribution in [1.29, 1.82) is 0 Å². The molecule has 3 aromatic rings. The average molecular weight is 372 g/mol. The van der Waals surface area contributed by atoms with Crippen LogP contribution in [0, 0.1) is 5.92 Å². The topological polar surface area (TPSA) is 97.1 Å². The first-order chi connectivity index (χ1) is 12.4. The molecule has 7 nitrogen and oxygen atoms in total. The Bertz CT molecular complexity index is 1040. The smallest absolute Gasteiger partial charge is 0.244 e. The molecule has 4 rings (SSSR count). The Balaban J connectivity index is 1.70. The molecule has 0 unspecified atom stereocenters. The van der Waals surface area contributed by atoms with E-state index in [-0.39, 0.29) is 16.9 Å². The average Bonchev–Trinajstić information content (AvgIpc) is 3.04. The van der Waals surface area contributed by atoms with Crippen molar-refractivity contribution in [2.75, 3.05) is 0 Å². The van der Waals surface area contributed by atoms with E-state index in [2.05, 4.69) is 14.8 Å². The van der Waals surface area contributed by atoms with Crippen LogP contribution in [0.2, 0.25) is 0 Å². The Kier molecular flexibility index (Phi) is 4.26. The minimum absolute atomic E-state index is 0.0272. The number of rotatable bonds is 5. The first-order valence-corrected chi connectivity index (χ1v) is 9.94. The van der Waals surface area contributed by atoms with Gasteiger partial charge in [0.2, 0.25) is 10.0 Å². The minimum Gasteiger partial charge on any atom is -0.393 e. The highest BCUT2D eigenvalue weighted by molar-refractivity contribution is 7.89. The molecule has 1 aliphatic rings. The van der Waals surface area contributed by atoms with Crippen molar-refractivity contribution in [3.05, 3.63) is 54.5 Å². The molecule has 2 aromatic heterocycles. The van der Waals surface area contributed by atoms with Gasteiger partial charge in [-0.15, -0.1) is 0 Å². The van der Waals surface area contributed by atoms with Crippen LogP contribution in [0.1, 0.15) is 24.4 Å². The van der Waals surface area contributed by atoms with Gasteiger partial charge >= 0.3 is 0 Å². The number of aliphatic hydroxyl groups is 1.